The molecule has 3 rings (SSSR count). The van der Waals surface area contributed by atoms with Crippen molar-refractivity contribution in [3.05, 3.63) is 40.1 Å². The molecule has 0 atom stereocenters. The van der Waals surface area contributed by atoms with Crippen molar-refractivity contribution < 1.29 is 0 Å². The summed E-state index contributed by atoms with van der Waals surface area (Å²) in [5, 5.41) is 4.27. The largest absolute Gasteiger partial charge is 0.398 e. The first kappa shape index (κ1) is 15.2. The highest BCUT2D eigenvalue weighted by molar-refractivity contribution is 9.10. The molecule has 1 aliphatic rings. The highest BCUT2D eigenvalue weighted by atomic mass is 79.9. The van der Waals surface area contributed by atoms with E-state index in [4.69, 9.17) is 5.73 Å². The lowest BCUT2D eigenvalue weighted by Crippen LogP contribution is -2.30. The summed E-state index contributed by atoms with van der Waals surface area (Å²) in [7, 11) is 1.98. The van der Waals surface area contributed by atoms with Gasteiger partial charge in [-0.1, -0.05) is 6.07 Å². The second kappa shape index (κ2) is 6.06. The molecule has 0 saturated heterocycles. The van der Waals surface area contributed by atoms with Crippen LogP contribution in [0, 0.1) is 0 Å². The Bertz CT molecular complexity index is 592. The predicted octanol–water partition coefficient (Wildman–Crippen LogP) is 3.14. The molecule has 0 radical (unpaired) electrons. The normalized spacial score (nSPS) is 13.8. The van der Waals surface area contributed by atoms with Crippen molar-refractivity contribution in [2.24, 2.45) is 7.05 Å². The summed E-state index contributed by atoms with van der Waals surface area (Å²) in [6.45, 7) is 1.92. The Kier molecular flexibility index (Phi) is 4.60. The average molecular weight is 358 g/mol. The van der Waals surface area contributed by atoms with Crippen molar-refractivity contribution in [3.63, 3.8) is 0 Å². The van der Waals surface area contributed by atoms with Crippen LogP contribution in [0.15, 0.2) is 28.9 Å². The summed E-state index contributed by atoms with van der Waals surface area (Å²) in [4.78, 5) is 2.39. The van der Waals surface area contributed by atoms with Gasteiger partial charge in [-0.3, -0.25) is 4.68 Å². The molecule has 1 aromatic carbocycles. The number of rotatable bonds is 2. The smallest absolute Gasteiger partial charge is 0.0716 e. The van der Waals surface area contributed by atoms with Crippen LogP contribution in [-0.2, 0) is 20.0 Å². The number of aryl methyl sites for hydroxylation is 1. The molecule has 0 unspecified atom stereocenters. The van der Waals surface area contributed by atoms with E-state index in [0.717, 1.165) is 36.1 Å². The van der Waals surface area contributed by atoms with Gasteiger partial charge in [0.25, 0.3) is 0 Å². The molecule has 2 aromatic rings. The van der Waals surface area contributed by atoms with Gasteiger partial charge in [-0.05, 0) is 46.5 Å². The monoisotopic (exact) mass is 356 g/mol. The molecule has 0 amide bonds. The van der Waals surface area contributed by atoms with Crippen LogP contribution < -0.4 is 10.6 Å². The Labute approximate surface area is 133 Å². The van der Waals surface area contributed by atoms with E-state index in [-0.39, 0.29) is 12.4 Å². The molecule has 0 bridgehead atoms. The fourth-order valence-corrected chi connectivity index (χ4v) is 3.16. The van der Waals surface area contributed by atoms with Crippen LogP contribution >= 0.6 is 28.3 Å². The maximum absolute atomic E-state index is 6.08. The summed E-state index contributed by atoms with van der Waals surface area (Å²) in [5.74, 6) is 0. The third-order valence-electron chi connectivity index (χ3n) is 3.73. The number of hydrogen-bond acceptors (Lipinski definition) is 3. The number of aromatic nitrogens is 2. The molecule has 0 saturated carbocycles. The molecular weight excluding hydrogens is 340 g/mol. The lowest BCUT2D eigenvalue weighted by atomic mass is 10.00. The highest BCUT2D eigenvalue weighted by Gasteiger charge is 2.20. The van der Waals surface area contributed by atoms with Gasteiger partial charge < -0.3 is 10.6 Å². The molecule has 108 valence electrons. The standard InChI is InChI=1S/C14H17BrN4.ClH/c1-18-14(11(15)8-17-18)9-19-7-3-4-10-12(16)5-2-6-13(10)19;/h2,5-6,8H,3-4,7,9,16H2,1H3;1H. The molecule has 0 spiro atoms. The Morgan fingerprint density at radius 3 is 2.90 bits per heavy atom. The SMILES string of the molecule is Cl.Cn1ncc(Br)c1CN1CCCc2c(N)cccc21. The molecular formula is C14H18BrClN4. The summed E-state index contributed by atoms with van der Waals surface area (Å²) in [6, 6.07) is 6.18. The number of halogens is 2. The van der Waals surface area contributed by atoms with Crippen molar-refractivity contribution >= 4 is 39.7 Å². The Balaban J connectivity index is 0.00000147. The number of fused-ring (bicyclic) bond motifs is 1. The van der Waals surface area contributed by atoms with Gasteiger partial charge >= 0.3 is 0 Å². The number of anilines is 2. The second-order valence-corrected chi connectivity index (χ2v) is 5.79. The maximum atomic E-state index is 6.08. The van der Waals surface area contributed by atoms with Crippen molar-refractivity contribution in [1.82, 2.24) is 9.78 Å². The first-order valence-corrected chi connectivity index (χ1v) is 7.25. The van der Waals surface area contributed by atoms with Gasteiger partial charge in [0, 0.05) is 25.0 Å². The van der Waals surface area contributed by atoms with Crippen LogP contribution in [0.3, 0.4) is 0 Å². The van der Waals surface area contributed by atoms with Gasteiger partial charge in [0.05, 0.1) is 22.9 Å². The quantitative estimate of drug-likeness (QED) is 0.840. The van der Waals surface area contributed by atoms with Crippen LogP contribution in [0.1, 0.15) is 17.7 Å². The van der Waals surface area contributed by atoms with E-state index < -0.39 is 0 Å². The summed E-state index contributed by atoms with van der Waals surface area (Å²) in [5.41, 5.74) is 10.7. The average Bonchev–Trinajstić information content (AvgIpc) is 2.72. The summed E-state index contributed by atoms with van der Waals surface area (Å²) < 4.78 is 2.98. The van der Waals surface area contributed by atoms with Crippen LogP contribution in [-0.4, -0.2) is 16.3 Å². The fourth-order valence-electron chi connectivity index (χ4n) is 2.69. The van der Waals surface area contributed by atoms with E-state index >= 15 is 0 Å². The van der Waals surface area contributed by atoms with Gasteiger partial charge in [-0.15, -0.1) is 12.4 Å². The first-order chi connectivity index (χ1) is 9.16. The molecule has 4 nitrogen and oxygen atoms in total. The van der Waals surface area contributed by atoms with Crippen molar-refractivity contribution in [2.75, 3.05) is 17.2 Å². The number of nitrogens with two attached hydrogens (primary N) is 1. The molecule has 20 heavy (non-hydrogen) atoms. The predicted molar refractivity (Wildman–Crippen MR) is 88.4 cm³/mol. The third kappa shape index (κ3) is 2.65. The molecule has 2 N–H and O–H groups in total. The third-order valence-corrected chi connectivity index (χ3v) is 4.40. The van der Waals surface area contributed by atoms with E-state index in [0.29, 0.717) is 0 Å². The number of hydrogen-bond donors (Lipinski definition) is 1. The minimum absolute atomic E-state index is 0. The zero-order chi connectivity index (χ0) is 13.4. The van der Waals surface area contributed by atoms with Crippen LogP contribution in [0.5, 0.6) is 0 Å². The lowest BCUT2D eigenvalue weighted by molar-refractivity contribution is 0.644. The Morgan fingerprint density at radius 1 is 1.40 bits per heavy atom. The van der Waals surface area contributed by atoms with Gasteiger partial charge in [-0.2, -0.15) is 5.10 Å². The first-order valence-electron chi connectivity index (χ1n) is 6.45. The van der Waals surface area contributed by atoms with Crippen molar-refractivity contribution in [1.29, 1.82) is 0 Å². The van der Waals surface area contributed by atoms with E-state index in [2.05, 4.69) is 32.0 Å². The van der Waals surface area contributed by atoms with E-state index in [9.17, 15) is 0 Å². The molecule has 2 heterocycles. The minimum Gasteiger partial charge on any atom is -0.398 e. The Hall–Kier alpha value is -1.20. The van der Waals surface area contributed by atoms with Gasteiger partial charge in [0.2, 0.25) is 0 Å². The van der Waals surface area contributed by atoms with E-state index in [1.807, 2.05) is 30.1 Å². The summed E-state index contributed by atoms with van der Waals surface area (Å²) >= 11 is 3.56. The van der Waals surface area contributed by atoms with Gasteiger partial charge in [-0.25, -0.2) is 0 Å². The molecule has 0 aliphatic carbocycles. The number of nitrogen functional groups attached to an aromatic ring is 1. The van der Waals surface area contributed by atoms with Crippen LogP contribution in [0.25, 0.3) is 0 Å². The zero-order valence-corrected chi connectivity index (χ0v) is 13.7. The van der Waals surface area contributed by atoms with Crippen LogP contribution in [0.2, 0.25) is 0 Å². The van der Waals surface area contributed by atoms with E-state index in [1.165, 1.54) is 16.9 Å². The highest BCUT2D eigenvalue weighted by Crippen LogP contribution is 2.32. The topological polar surface area (TPSA) is 47.1 Å². The fraction of sp³-hybridized carbons (Fsp3) is 0.357. The number of benzene rings is 1. The lowest BCUT2D eigenvalue weighted by Gasteiger charge is -2.32. The van der Waals surface area contributed by atoms with Gasteiger partial charge in [0.15, 0.2) is 0 Å². The van der Waals surface area contributed by atoms with Crippen LogP contribution in [0.4, 0.5) is 11.4 Å². The molecule has 0 fully saturated rings. The minimum atomic E-state index is 0. The second-order valence-electron chi connectivity index (χ2n) is 4.93. The molecule has 1 aliphatic heterocycles. The number of nitrogens with zero attached hydrogens (tertiary/aromatic N) is 3. The summed E-state index contributed by atoms with van der Waals surface area (Å²) in [6.07, 6.45) is 4.07. The molecule has 6 heteroatoms. The molecule has 1 aromatic heterocycles. The van der Waals surface area contributed by atoms with Gasteiger partial charge in [0.1, 0.15) is 0 Å². The maximum Gasteiger partial charge on any atom is 0.0716 e. The van der Waals surface area contributed by atoms with Crippen molar-refractivity contribution in [3.8, 4) is 0 Å². The van der Waals surface area contributed by atoms with Crippen molar-refractivity contribution in [2.45, 2.75) is 19.4 Å². The Morgan fingerprint density at radius 2 is 2.20 bits per heavy atom. The zero-order valence-electron chi connectivity index (χ0n) is 11.3. The van der Waals surface area contributed by atoms with E-state index in [1.54, 1.807) is 0 Å².